The molecule has 0 aromatic rings. The van der Waals surface area contributed by atoms with Gasteiger partial charge in [0.05, 0.1) is 6.04 Å². The van der Waals surface area contributed by atoms with Crippen LogP contribution in [-0.4, -0.2) is 35.5 Å². The molecule has 0 spiro atoms. The molecule has 0 radical (unpaired) electrons. The van der Waals surface area contributed by atoms with Gasteiger partial charge >= 0.3 is 0 Å². The van der Waals surface area contributed by atoms with Gasteiger partial charge in [0, 0.05) is 18.6 Å². The topological polar surface area (TPSA) is 32.3 Å². The van der Waals surface area contributed by atoms with Gasteiger partial charge in [-0.05, 0) is 57.3 Å². The lowest BCUT2D eigenvalue weighted by Gasteiger charge is -2.43. The maximum atomic E-state index is 12.8. The van der Waals surface area contributed by atoms with E-state index in [9.17, 15) is 4.79 Å². The van der Waals surface area contributed by atoms with E-state index in [1.165, 1.54) is 44.9 Å². The second-order valence-electron chi connectivity index (χ2n) is 7.46. The van der Waals surface area contributed by atoms with Crippen LogP contribution in [0.2, 0.25) is 0 Å². The summed E-state index contributed by atoms with van der Waals surface area (Å²) in [6.07, 6.45) is 10.0. The molecule has 3 aliphatic rings. The number of hydrogen-bond donors (Lipinski definition) is 1. The van der Waals surface area contributed by atoms with E-state index in [0.29, 0.717) is 18.0 Å². The van der Waals surface area contributed by atoms with Crippen LogP contribution in [0.1, 0.15) is 65.2 Å². The normalized spacial score (nSPS) is 42.1. The quantitative estimate of drug-likeness (QED) is 0.800. The lowest BCUT2D eigenvalue weighted by atomic mass is 9.77. The fourth-order valence-electron chi connectivity index (χ4n) is 4.62. The zero-order valence-corrected chi connectivity index (χ0v) is 13.1. The summed E-state index contributed by atoms with van der Waals surface area (Å²) >= 11 is 0. The van der Waals surface area contributed by atoms with Crippen LogP contribution >= 0.6 is 0 Å². The molecule has 2 aliphatic heterocycles. The van der Waals surface area contributed by atoms with Crippen LogP contribution in [0.3, 0.4) is 0 Å². The number of likely N-dealkylation sites (tertiary alicyclic amines) is 1. The number of carbonyl (C=O) groups excluding carboxylic acids is 1. The highest BCUT2D eigenvalue weighted by atomic mass is 16.2. The lowest BCUT2D eigenvalue weighted by Crippen LogP contribution is -2.58. The molecule has 3 fully saturated rings. The van der Waals surface area contributed by atoms with Crippen molar-refractivity contribution in [3.05, 3.63) is 0 Å². The standard InChI is InChI=1S/C17H30N2O/c1-12-9-10-19(13(2)11-12)17(20)16-8-7-14-5-3-4-6-15(14)18-16/h12-16,18H,3-11H2,1-2H3. The van der Waals surface area contributed by atoms with Crippen molar-refractivity contribution in [2.75, 3.05) is 6.54 Å². The Bertz CT molecular complexity index is 357. The van der Waals surface area contributed by atoms with E-state index in [4.69, 9.17) is 0 Å². The number of carbonyl (C=O) groups is 1. The predicted octanol–water partition coefficient (Wildman–Crippen LogP) is 2.94. The first-order valence-corrected chi connectivity index (χ1v) is 8.71. The van der Waals surface area contributed by atoms with Crippen LogP contribution in [0.25, 0.3) is 0 Å². The second-order valence-corrected chi connectivity index (χ2v) is 7.46. The summed E-state index contributed by atoms with van der Waals surface area (Å²) < 4.78 is 0. The van der Waals surface area contributed by atoms with Crippen molar-refractivity contribution < 1.29 is 4.79 Å². The van der Waals surface area contributed by atoms with E-state index in [2.05, 4.69) is 24.1 Å². The Morgan fingerprint density at radius 1 is 1.05 bits per heavy atom. The molecule has 0 aromatic carbocycles. The van der Waals surface area contributed by atoms with Gasteiger partial charge in [0.1, 0.15) is 0 Å². The van der Waals surface area contributed by atoms with Crippen molar-refractivity contribution in [3.63, 3.8) is 0 Å². The van der Waals surface area contributed by atoms with E-state index in [0.717, 1.165) is 24.8 Å². The number of fused-ring (bicyclic) bond motifs is 1. The Kier molecular flexibility index (Phi) is 4.34. The molecule has 1 N–H and O–H groups in total. The van der Waals surface area contributed by atoms with E-state index in [1.54, 1.807) is 0 Å². The molecule has 5 atom stereocenters. The molecule has 1 amide bonds. The minimum absolute atomic E-state index is 0.102. The van der Waals surface area contributed by atoms with E-state index < -0.39 is 0 Å². The zero-order chi connectivity index (χ0) is 14.1. The van der Waals surface area contributed by atoms with Gasteiger partial charge in [-0.25, -0.2) is 0 Å². The molecule has 3 rings (SSSR count). The predicted molar refractivity (Wildman–Crippen MR) is 81.5 cm³/mol. The smallest absolute Gasteiger partial charge is 0.239 e. The average molecular weight is 278 g/mol. The fraction of sp³-hybridized carbons (Fsp3) is 0.941. The summed E-state index contributed by atoms with van der Waals surface area (Å²) in [4.78, 5) is 15.0. The minimum atomic E-state index is 0.102. The SMILES string of the molecule is CC1CCN(C(=O)C2CCC3CCCCC3N2)C(C)C1. The summed E-state index contributed by atoms with van der Waals surface area (Å²) in [5, 5.41) is 3.69. The van der Waals surface area contributed by atoms with Gasteiger partial charge in [0.2, 0.25) is 5.91 Å². The van der Waals surface area contributed by atoms with Crippen molar-refractivity contribution >= 4 is 5.91 Å². The molecule has 1 saturated carbocycles. The van der Waals surface area contributed by atoms with Crippen molar-refractivity contribution in [3.8, 4) is 0 Å². The van der Waals surface area contributed by atoms with Crippen molar-refractivity contribution in [2.24, 2.45) is 11.8 Å². The summed E-state index contributed by atoms with van der Waals surface area (Å²) in [6, 6.07) is 1.15. The Balaban J connectivity index is 1.60. The molecular weight excluding hydrogens is 248 g/mol. The molecule has 20 heavy (non-hydrogen) atoms. The molecule has 114 valence electrons. The van der Waals surface area contributed by atoms with Crippen LogP contribution in [0.15, 0.2) is 0 Å². The van der Waals surface area contributed by atoms with Crippen LogP contribution in [-0.2, 0) is 4.79 Å². The minimum Gasteiger partial charge on any atom is -0.339 e. The van der Waals surface area contributed by atoms with Gasteiger partial charge in [-0.3, -0.25) is 4.79 Å². The third-order valence-electron chi connectivity index (χ3n) is 5.87. The Morgan fingerprint density at radius 2 is 1.85 bits per heavy atom. The van der Waals surface area contributed by atoms with Crippen LogP contribution in [0, 0.1) is 11.8 Å². The molecule has 2 heterocycles. The molecule has 1 aliphatic carbocycles. The second kappa shape index (κ2) is 6.05. The molecule has 3 nitrogen and oxygen atoms in total. The molecule has 0 aromatic heterocycles. The summed E-state index contributed by atoms with van der Waals surface area (Å²) in [5.41, 5.74) is 0. The van der Waals surface area contributed by atoms with Gasteiger partial charge in [-0.2, -0.15) is 0 Å². The Hall–Kier alpha value is -0.570. The summed E-state index contributed by atoms with van der Waals surface area (Å²) in [6.45, 7) is 5.50. The number of piperidine rings is 2. The maximum Gasteiger partial charge on any atom is 0.239 e. The van der Waals surface area contributed by atoms with Crippen LogP contribution < -0.4 is 5.32 Å². The molecular formula is C17H30N2O. The number of nitrogens with zero attached hydrogens (tertiary/aromatic N) is 1. The van der Waals surface area contributed by atoms with Crippen LogP contribution in [0.4, 0.5) is 0 Å². The number of hydrogen-bond acceptors (Lipinski definition) is 2. The lowest BCUT2D eigenvalue weighted by molar-refractivity contribution is -0.138. The number of amides is 1. The Labute approximate surface area is 123 Å². The van der Waals surface area contributed by atoms with Crippen molar-refractivity contribution in [2.45, 2.75) is 83.3 Å². The first-order chi connectivity index (χ1) is 9.65. The molecule has 5 unspecified atom stereocenters. The van der Waals surface area contributed by atoms with E-state index in [1.807, 2.05) is 0 Å². The van der Waals surface area contributed by atoms with Gasteiger partial charge < -0.3 is 10.2 Å². The Morgan fingerprint density at radius 3 is 2.65 bits per heavy atom. The maximum absolute atomic E-state index is 12.8. The van der Waals surface area contributed by atoms with Gasteiger partial charge in [-0.15, -0.1) is 0 Å². The van der Waals surface area contributed by atoms with Crippen molar-refractivity contribution in [1.82, 2.24) is 10.2 Å². The number of rotatable bonds is 1. The third-order valence-corrected chi connectivity index (χ3v) is 5.87. The molecule has 2 saturated heterocycles. The largest absolute Gasteiger partial charge is 0.339 e. The first-order valence-electron chi connectivity index (χ1n) is 8.71. The fourth-order valence-corrected chi connectivity index (χ4v) is 4.62. The molecule has 0 bridgehead atoms. The highest BCUT2D eigenvalue weighted by Crippen LogP contribution is 2.33. The number of nitrogens with one attached hydrogen (secondary N) is 1. The zero-order valence-electron chi connectivity index (χ0n) is 13.1. The first kappa shape index (κ1) is 14.4. The van der Waals surface area contributed by atoms with Gasteiger partial charge in [0.15, 0.2) is 0 Å². The third kappa shape index (κ3) is 2.88. The van der Waals surface area contributed by atoms with Crippen LogP contribution in [0.5, 0.6) is 0 Å². The highest BCUT2D eigenvalue weighted by molar-refractivity contribution is 5.82. The highest BCUT2D eigenvalue weighted by Gasteiger charge is 2.37. The van der Waals surface area contributed by atoms with E-state index >= 15 is 0 Å². The van der Waals surface area contributed by atoms with Gasteiger partial charge in [0.25, 0.3) is 0 Å². The molecule has 3 heteroatoms. The van der Waals surface area contributed by atoms with Crippen molar-refractivity contribution in [1.29, 1.82) is 0 Å². The average Bonchev–Trinajstić information content (AvgIpc) is 2.46. The monoisotopic (exact) mass is 278 g/mol. The van der Waals surface area contributed by atoms with Gasteiger partial charge in [-0.1, -0.05) is 19.8 Å². The summed E-state index contributed by atoms with van der Waals surface area (Å²) in [5.74, 6) is 2.00. The van der Waals surface area contributed by atoms with E-state index in [-0.39, 0.29) is 6.04 Å². The summed E-state index contributed by atoms with van der Waals surface area (Å²) in [7, 11) is 0.